The predicted molar refractivity (Wildman–Crippen MR) is 127 cm³/mol. The quantitative estimate of drug-likeness (QED) is 0.549. The van der Waals surface area contributed by atoms with Gasteiger partial charge in [-0.15, -0.1) is 0 Å². The van der Waals surface area contributed by atoms with Crippen LogP contribution in [0.15, 0.2) is 48.5 Å². The molecule has 0 aliphatic carbocycles. The van der Waals surface area contributed by atoms with Crippen LogP contribution in [-0.2, 0) is 15.1 Å². The number of anilines is 1. The smallest absolute Gasteiger partial charge is 0.325 e. The molecule has 10 nitrogen and oxygen atoms in total. The van der Waals surface area contributed by atoms with Crippen LogP contribution in [-0.4, -0.2) is 52.3 Å². The average Bonchev–Trinajstić information content (AvgIpc) is 3.26. The van der Waals surface area contributed by atoms with Crippen LogP contribution in [0.25, 0.3) is 5.69 Å². The lowest BCUT2D eigenvalue weighted by Crippen LogP contribution is -2.42. The van der Waals surface area contributed by atoms with Gasteiger partial charge in [0, 0.05) is 0 Å². The Bertz CT molecular complexity index is 1340. The number of hydrogen-bond acceptors (Lipinski definition) is 6. The van der Waals surface area contributed by atoms with Crippen molar-refractivity contribution in [3.8, 4) is 17.2 Å². The lowest BCUT2D eigenvalue weighted by Gasteiger charge is -2.25. The fourth-order valence-electron chi connectivity index (χ4n) is 4.36. The van der Waals surface area contributed by atoms with Crippen LogP contribution in [0.1, 0.15) is 23.9 Å². The van der Waals surface area contributed by atoms with E-state index in [0.29, 0.717) is 41.7 Å². The van der Waals surface area contributed by atoms with Gasteiger partial charge in [-0.2, -0.15) is 5.10 Å². The highest BCUT2D eigenvalue weighted by molar-refractivity contribution is 6.10. The maximum absolute atomic E-state index is 13.3. The van der Waals surface area contributed by atoms with Crippen LogP contribution in [0.4, 0.5) is 10.5 Å². The van der Waals surface area contributed by atoms with Gasteiger partial charge in [0.2, 0.25) is 5.91 Å². The maximum Gasteiger partial charge on any atom is 0.325 e. The number of aryl methyl sites for hydroxylation is 1. The topological polar surface area (TPSA) is 115 Å². The first-order chi connectivity index (χ1) is 16.8. The summed E-state index contributed by atoms with van der Waals surface area (Å²) < 4.78 is 12.9. The number of hydrogen-bond donors (Lipinski definition) is 2. The van der Waals surface area contributed by atoms with Crippen molar-refractivity contribution in [3.63, 3.8) is 0 Å². The Labute approximate surface area is 201 Å². The van der Waals surface area contributed by atoms with Crippen molar-refractivity contribution in [2.75, 3.05) is 25.1 Å². The van der Waals surface area contributed by atoms with Gasteiger partial charge in [-0.25, -0.2) is 9.48 Å². The fourth-order valence-corrected chi connectivity index (χ4v) is 4.36. The van der Waals surface area contributed by atoms with E-state index in [1.165, 1.54) is 0 Å². The van der Waals surface area contributed by atoms with E-state index >= 15 is 0 Å². The van der Waals surface area contributed by atoms with Crippen molar-refractivity contribution in [3.05, 3.63) is 65.5 Å². The third-order valence-corrected chi connectivity index (χ3v) is 6.25. The summed E-state index contributed by atoms with van der Waals surface area (Å²) in [5.74, 6) is 0.0643. The van der Waals surface area contributed by atoms with E-state index in [1.54, 1.807) is 36.7 Å². The first-order valence-corrected chi connectivity index (χ1v) is 11.2. The Morgan fingerprint density at radius 2 is 1.80 bits per heavy atom. The second-order valence-corrected chi connectivity index (χ2v) is 8.65. The highest BCUT2D eigenvalue weighted by Crippen LogP contribution is 2.37. The molecular weight excluding hydrogens is 450 g/mol. The Balaban J connectivity index is 1.33. The van der Waals surface area contributed by atoms with Gasteiger partial charge in [-0.05, 0) is 50.6 Å². The minimum Gasteiger partial charge on any atom is -0.486 e. The molecule has 3 heterocycles. The zero-order valence-electron chi connectivity index (χ0n) is 19.6. The summed E-state index contributed by atoms with van der Waals surface area (Å²) in [5.41, 5.74) is 1.97. The van der Waals surface area contributed by atoms with E-state index in [9.17, 15) is 14.4 Å². The number of nitrogens with zero attached hydrogens (tertiary/aromatic N) is 3. The summed E-state index contributed by atoms with van der Waals surface area (Å²) >= 11 is 0. The second kappa shape index (κ2) is 8.46. The molecule has 1 saturated heterocycles. The highest BCUT2D eigenvalue weighted by Gasteiger charge is 2.50. The Hall–Kier alpha value is -4.34. The SMILES string of the molecule is Cc1nn(-c2ccccc2)c(C)c1NC(=O)CN1C(=O)N[C@@](C)(c2ccc3c(c2)OCCO3)C1=O. The molecule has 1 fully saturated rings. The molecule has 2 aliphatic rings. The number of carbonyl (C=O) groups excluding carboxylic acids is 3. The van der Waals surface area contributed by atoms with E-state index in [-0.39, 0.29) is 0 Å². The number of carbonyl (C=O) groups is 3. The molecule has 1 atom stereocenters. The molecule has 4 amide bonds. The standard InChI is InChI=1S/C25H25N5O5/c1-15-22(16(2)30(28-15)18-7-5-4-6-8-18)26-21(31)14-29-23(32)25(3,27-24(29)33)17-9-10-19-20(13-17)35-12-11-34-19/h4-10,13H,11-12,14H2,1-3H3,(H,26,31)(H,27,33)/t25-/m0/s1. The predicted octanol–water partition coefficient (Wildman–Crippen LogP) is 2.67. The second-order valence-electron chi connectivity index (χ2n) is 8.65. The Morgan fingerprint density at radius 1 is 1.09 bits per heavy atom. The third-order valence-electron chi connectivity index (χ3n) is 6.25. The van der Waals surface area contributed by atoms with Gasteiger partial charge in [-0.1, -0.05) is 24.3 Å². The van der Waals surface area contributed by atoms with Crippen molar-refractivity contribution >= 4 is 23.5 Å². The largest absolute Gasteiger partial charge is 0.486 e. The first-order valence-electron chi connectivity index (χ1n) is 11.2. The molecule has 180 valence electrons. The Morgan fingerprint density at radius 3 is 2.54 bits per heavy atom. The van der Waals surface area contributed by atoms with Gasteiger partial charge in [0.15, 0.2) is 11.5 Å². The van der Waals surface area contributed by atoms with Crippen LogP contribution in [0, 0.1) is 13.8 Å². The number of aromatic nitrogens is 2. The first kappa shape index (κ1) is 22.5. The maximum atomic E-state index is 13.3. The Kier molecular flexibility index (Phi) is 5.43. The third kappa shape index (κ3) is 3.86. The number of para-hydroxylation sites is 1. The molecule has 0 bridgehead atoms. The van der Waals surface area contributed by atoms with Crippen molar-refractivity contribution in [2.45, 2.75) is 26.3 Å². The van der Waals surface area contributed by atoms with Crippen LogP contribution < -0.4 is 20.1 Å². The highest BCUT2D eigenvalue weighted by atomic mass is 16.6. The summed E-state index contributed by atoms with van der Waals surface area (Å²) in [6, 6.07) is 14.0. The van der Waals surface area contributed by atoms with Gasteiger partial charge in [-0.3, -0.25) is 14.5 Å². The zero-order chi connectivity index (χ0) is 24.7. The van der Waals surface area contributed by atoms with E-state index in [1.807, 2.05) is 37.3 Å². The van der Waals surface area contributed by atoms with Gasteiger partial charge in [0.05, 0.1) is 22.8 Å². The number of rotatable bonds is 5. The minimum absolute atomic E-state index is 0.402. The lowest BCUT2D eigenvalue weighted by atomic mass is 9.91. The number of imide groups is 1. The summed E-state index contributed by atoms with van der Waals surface area (Å²) in [7, 11) is 0. The van der Waals surface area contributed by atoms with Gasteiger partial charge in [0.25, 0.3) is 5.91 Å². The molecule has 0 radical (unpaired) electrons. The molecule has 10 heteroatoms. The zero-order valence-corrected chi connectivity index (χ0v) is 19.6. The molecule has 0 unspecified atom stereocenters. The van der Waals surface area contributed by atoms with E-state index < -0.39 is 29.9 Å². The molecule has 5 rings (SSSR count). The number of benzene rings is 2. The van der Waals surface area contributed by atoms with Gasteiger partial charge in [0.1, 0.15) is 25.3 Å². The van der Waals surface area contributed by atoms with E-state index in [2.05, 4.69) is 15.7 Å². The normalized spacial score (nSPS) is 19.0. The molecule has 2 aromatic carbocycles. The number of amides is 4. The molecule has 2 aliphatic heterocycles. The average molecular weight is 476 g/mol. The van der Waals surface area contributed by atoms with Crippen molar-refractivity contribution in [1.29, 1.82) is 0 Å². The number of urea groups is 1. The molecule has 35 heavy (non-hydrogen) atoms. The van der Waals surface area contributed by atoms with Gasteiger partial charge < -0.3 is 20.1 Å². The van der Waals surface area contributed by atoms with Crippen LogP contribution in [0.2, 0.25) is 0 Å². The molecular formula is C25H25N5O5. The van der Waals surface area contributed by atoms with E-state index in [4.69, 9.17) is 9.47 Å². The monoisotopic (exact) mass is 475 g/mol. The number of ether oxygens (including phenoxy) is 2. The lowest BCUT2D eigenvalue weighted by molar-refractivity contribution is -0.133. The van der Waals surface area contributed by atoms with E-state index in [0.717, 1.165) is 16.3 Å². The van der Waals surface area contributed by atoms with Gasteiger partial charge >= 0.3 is 6.03 Å². The molecule has 0 saturated carbocycles. The molecule has 3 aromatic rings. The summed E-state index contributed by atoms with van der Waals surface area (Å²) in [4.78, 5) is 39.8. The summed E-state index contributed by atoms with van der Waals surface area (Å²) in [6.07, 6.45) is 0. The van der Waals surface area contributed by atoms with Crippen molar-refractivity contribution in [1.82, 2.24) is 20.0 Å². The number of nitrogens with one attached hydrogen (secondary N) is 2. The number of fused-ring (bicyclic) bond motifs is 1. The summed E-state index contributed by atoms with van der Waals surface area (Å²) in [5, 5.41) is 10.0. The fraction of sp³-hybridized carbons (Fsp3) is 0.280. The van der Waals surface area contributed by atoms with Crippen molar-refractivity contribution < 1.29 is 23.9 Å². The molecule has 1 aromatic heterocycles. The van der Waals surface area contributed by atoms with Crippen LogP contribution >= 0.6 is 0 Å². The van der Waals surface area contributed by atoms with Crippen LogP contribution in [0.5, 0.6) is 11.5 Å². The summed E-state index contributed by atoms with van der Waals surface area (Å²) in [6.45, 7) is 5.66. The van der Waals surface area contributed by atoms with Crippen LogP contribution in [0.3, 0.4) is 0 Å². The molecule has 0 spiro atoms. The minimum atomic E-state index is -1.34. The van der Waals surface area contributed by atoms with Crippen molar-refractivity contribution in [2.24, 2.45) is 0 Å². The molecule has 2 N–H and O–H groups in total.